The van der Waals surface area contributed by atoms with Crippen LogP contribution >= 0.6 is 0 Å². The maximum absolute atomic E-state index is 13.5. The summed E-state index contributed by atoms with van der Waals surface area (Å²) in [5, 5.41) is 20.8. The van der Waals surface area contributed by atoms with Gasteiger partial charge >= 0.3 is 0 Å². The molecule has 1 aromatic rings. The first-order chi connectivity index (χ1) is 14.8. The molecule has 174 valence electrons. The van der Waals surface area contributed by atoms with Gasteiger partial charge in [0.25, 0.3) is 0 Å². The Morgan fingerprint density at radius 1 is 0.938 bits per heavy atom. The average Bonchev–Trinajstić information content (AvgIpc) is 2.72. The molecule has 4 nitrogen and oxygen atoms in total. The number of phenolic OH excluding ortho intramolecular Hbond substituents is 2. The van der Waals surface area contributed by atoms with Crippen molar-refractivity contribution in [3.63, 3.8) is 0 Å². The SMILES string of the molecule is Cc1c(O)c(O)cc2c1C(=O)CC1[C@@]2(C)CC[C@@]2(C)[C@@H]3C[C@@H](C)C(=O)C[C@]3(C)CC[C@]12C. The molecule has 0 bridgehead atoms. The number of hydrogen-bond acceptors (Lipinski definition) is 4. The van der Waals surface area contributed by atoms with Gasteiger partial charge in [-0.2, -0.15) is 0 Å². The van der Waals surface area contributed by atoms with Gasteiger partial charge in [-0.05, 0) is 84.2 Å². The normalized spacial score (nSPS) is 45.5. The van der Waals surface area contributed by atoms with Gasteiger partial charge in [-0.3, -0.25) is 9.59 Å². The lowest BCUT2D eigenvalue weighted by Crippen LogP contribution is -2.65. The molecule has 3 saturated carbocycles. The van der Waals surface area contributed by atoms with Gasteiger partial charge in [-0.25, -0.2) is 0 Å². The second kappa shape index (κ2) is 6.39. The zero-order chi connectivity index (χ0) is 23.4. The zero-order valence-electron chi connectivity index (χ0n) is 20.5. The molecule has 0 amide bonds. The zero-order valence-corrected chi connectivity index (χ0v) is 20.5. The van der Waals surface area contributed by atoms with Crippen LogP contribution in [0, 0.1) is 40.9 Å². The largest absolute Gasteiger partial charge is 0.504 e. The van der Waals surface area contributed by atoms with E-state index in [0.29, 0.717) is 35.7 Å². The number of Topliss-reactive ketones (excluding diaryl/α,β-unsaturated/α-hetero) is 2. The second-order valence-corrected chi connectivity index (χ2v) is 12.7. The van der Waals surface area contributed by atoms with Crippen molar-refractivity contribution in [2.75, 3.05) is 0 Å². The van der Waals surface area contributed by atoms with Crippen LogP contribution in [0.1, 0.15) is 101 Å². The van der Waals surface area contributed by atoms with E-state index in [9.17, 15) is 19.8 Å². The number of carbonyl (C=O) groups is 2. The Morgan fingerprint density at radius 2 is 1.56 bits per heavy atom. The van der Waals surface area contributed by atoms with E-state index in [4.69, 9.17) is 0 Å². The molecule has 0 spiro atoms. The fraction of sp³-hybridized carbons (Fsp3) is 0.714. The summed E-state index contributed by atoms with van der Waals surface area (Å²) in [5.74, 6) is 1.03. The summed E-state index contributed by atoms with van der Waals surface area (Å²) in [5.41, 5.74) is 1.97. The minimum Gasteiger partial charge on any atom is -0.504 e. The van der Waals surface area contributed by atoms with E-state index in [2.05, 4.69) is 34.6 Å². The Kier molecular flexibility index (Phi) is 4.39. The first kappa shape index (κ1) is 22.0. The monoisotopic (exact) mass is 438 g/mol. The van der Waals surface area contributed by atoms with Crippen molar-refractivity contribution in [2.45, 2.75) is 91.9 Å². The highest BCUT2D eigenvalue weighted by Gasteiger charge is 2.68. The minimum absolute atomic E-state index is 0.0148. The van der Waals surface area contributed by atoms with E-state index in [1.165, 1.54) is 0 Å². The number of carbonyl (C=O) groups excluding carboxylic acids is 2. The number of ketones is 2. The van der Waals surface area contributed by atoms with E-state index in [1.54, 1.807) is 13.0 Å². The van der Waals surface area contributed by atoms with Crippen LogP contribution in [0.4, 0.5) is 0 Å². The third-order valence-electron chi connectivity index (χ3n) is 11.4. The third kappa shape index (κ3) is 2.45. The quantitative estimate of drug-likeness (QED) is 0.481. The Morgan fingerprint density at radius 3 is 2.25 bits per heavy atom. The highest BCUT2D eigenvalue weighted by Crippen LogP contribution is 2.74. The Balaban J connectivity index is 1.65. The van der Waals surface area contributed by atoms with Crippen LogP contribution in [-0.4, -0.2) is 21.8 Å². The number of phenols is 2. The van der Waals surface area contributed by atoms with Crippen molar-refractivity contribution in [3.8, 4) is 11.5 Å². The molecular formula is C28H38O4. The lowest BCUT2D eigenvalue weighted by Gasteiger charge is -2.71. The summed E-state index contributed by atoms with van der Waals surface area (Å²) in [6.07, 6.45) is 6.25. The van der Waals surface area contributed by atoms with Gasteiger partial charge in [0.05, 0.1) is 0 Å². The topological polar surface area (TPSA) is 74.6 Å². The molecule has 0 aliphatic heterocycles. The lowest BCUT2D eigenvalue weighted by atomic mass is 9.33. The Labute approximate surface area is 191 Å². The van der Waals surface area contributed by atoms with Crippen molar-refractivity contribution in [1.82, 2.24) is 0 Å². The average molecular weight is 439 g/mol. The number of hydrogen-bond donors (Lipinski definition) is 2. The lowest BCUT2D eigenvalue weighted by molar-refractivity contribution is -0.200. The molecule has 7 atom stereocenters. The molecular weight excluding hydrogens is 400 g/mol. The fourth-order valence-corrected chi connectivity index (χ4v) is 9.07. The molecule has 1 aromatic carbocycles. The van der Waals surface area contributed by atoms with Crippen LogP contribution in [0.2, 0.25) is 0 Å². The highest BCUT2D eigenvalue weighted by molar-refractivity contribution is 6.02. The third-order valence-corrected chi connectivity index (χ3v) is 11.4. The molecule has 0 aromatic heterocycles. The fourth-order valence-electron chi connectivity index (χ4n) is 9.07. The molecule has 4 heteroatoms. The van der Waals surface area contributed by atoms with Crippen LogP contribution < -0.4 is 0 Å². The first-order valence-corrected chi connectivity index (χ1v) is 12.4. The molecule has 1 unspecified atom stereocenters. The number of aromatic hydroxyl groups is 2. The molecule has 3 fully saturated rings. The predicted octanol–water partition coefficient (Wildman–Crippen LogP) is 6.09. The summed E-state index contributed by atoms with van der Waals surface area (Å²) in [4.78, 5) is 26.2. The first-order valence-electron chi connectivity index (χ1n) is 12.4. The summed E-state index contributed by atoms with van der Waals surface area (Å²) in [6, 6.07) is 1.67. The van der Waals surface area contributed by atoms with Crippen molar-refractivity contribution in [3.05, 3.63) is 22.8 Å². The van der Waals surface area contributed by atoms with Gasteiger partial charge < -0.3 is 10.2 Å². The predicted molar refractivity (Wildman–Crippen MR) is 124 cm³/mol. The van der Waals surface area contributed by atoms with Gasteiger partial charge in [0, 0.05) is 29.9 Å². The summed E-state index contributed by atoms with van der Waals surface area (Å²) >= 11 is 0. The number of benzene rings is 1. The second-order valence-electron chi connectivity index (χ2n) is 12.7. The molecule has 4 aliphatic rings. The molecule has 0 radical (unpaired) electrons. The maximum atomic E-state index is 13.5. The summed E-state index contributed by atoms with van der Waals surface area (Å²) in [6.45, 7) is 13.3. The smallest absolute Gasteiger partial charge is 0.163 e. The summed E-state index contributed by atoms with van der Waals surface area (Å²) < 4.78 is 0. The van der Waals surface area contributed by atoms with E-state index in [-0.39, 0.29) is 50.8 Å². The van der Waals surface area contributed by atoms with Gasteiger partial charge in [-0.15, -0.1) is 0 Å². The van der Waals surface area contributed by atoms with E-state index in [1.807, 2.05) is 0 Å². The molecule has 0 saturated heterocycles. The van der Waals surface area contributed by atoms with Crippen molar-refractivity contribution in [1.29, 1.82) is 0 Å². The minimum atomic E-state index is -0.211. The Bertz CT molecular complexity index is 1040. The van der Waals surface area contributed by atoms with Gasteiger partial charge in [0.2, 0.25) is 0 Å². The van der Waals surface area contributed by atoms with Crippen LogP contribution in [0.3, 0.4) is 0 Å². The van der Waals surface area contributed by atoms with Gasteiger partial charge in [-0.1, -0.05) is 34.6 Å². The van der Waals surface area contributed by atoms with Crippen molar-refractivity contribution in [2.24, 2.45) is 34.0 Å². The summed E-state index contributed by atoms with van der Waals surface area (Å²) in [7, 11) is 0. The highest BCUT2D eigenvalue weighted by atomic mass is 16.3. The number of rotatable bonds is 0. The van der Waals surface area contributed by atoms with E-state index in [0.717, 1.165) is 37.7 Å². The van der Waals surface area contributed by atoms with Crippen molar-refractivity contribution < 1.29 is 19.8 Å². The standard InChI is InChI=1S/C28H38O4/c1-15-11-21-25(3,14-20(15)31)7-9-28(6)22-13-18(29)23-16(2)24(32)19(30)12-17(23)26(22,4)8-10-27(21,28)5/h12,15,21-22,30,32H,7-11,13-14H2,1-6H3/t15-,21-,22?,25+,26+,27+,28-/m1/s1. The van der Waals surface area contributed by atoms with Gasteiger partial charge in [0.15, 0.2) is 17.3 Å². The van der Waals surface area contributed by atoms with Crippen LogP contribution in [0.25, 0.3) is 0 Å². The number of fused-ring (bicyclic) bond motifs is 7. The van der Waals surface area contributed by atoms with Crippen LogP contribution in [0.15, 0.2) is 6.07 Å². The molecule has 5 rings (SSSR count). The molecule has 32 heavy (non-hydrogen) atoms. The van der Waals surface area contributed by atoms with E-state index >= 15 is 0 Å². The molecule has 2 N–H and O–H groups in total. The van der Waals surface area contributed by atoms with Gasteiger partial charge in [0.1, 0.15) is 5.78 Å². The maximum Gasteiger partial charge on any atom is 0.163 e. The molecule has 0 heterocycles. The molecule has 4 aliphatic carbocycles. The van der Waals surface area contributed by atoms with E-state index < -0.39 is 0 Å². The van der Waals surface area contributed by atoms with Crippen molar-refractivity contribution >= 4 is 11.6 Å². The Hall–Kier alpha value is -1.84. The van der Waals surface area contributed by atoms with Crippen LogP contribution in [0.5, 0.6) is 11.5 Å². The van der Waals surface area contributed by atoms with Crippen LogP contribution in [-0.2, 0) is 10.2 Å².